The van der Waals surface area contributed by atoms with Crippen LogP contribution in [0.15, 0.2) is 65.8 Å². The number of ether oxygens (including phenoxy) is 2. The molecule has 0 radical (unpaired) electrons. The summed E-state index contributed by atoms with van der Waals surface area (Å²) in [5.41, 5.74) is 1.68. The molecule has 0 bridgehead atoms. The highest BCUT2D eigenvalue weighted by Gasteiger charge is 2.26. The fraction of sp³-hybridized carbons (Fsp3) is 0.400. The minimum atomic E-state index is -0.925. The number of hydrogen-bond acceptors (Lipinski definition) is 6. The number of alkyl halides is 1. The summed E-state index contributed by atoms with van der Waals surface area (Å²) in [4.78, 5) is 30.4. The molecular weight excluding hydrogens is 444 g/mol. The second-order valence-corrected chi connectivity index (χ2v) is 8.65. The molecule has 0 aliphatic rings. The lowest BCUT2D eigenvalue weighted by atomic mass is 10.1. The fourth-order valence-electron chi connectivity index (χ4n) is 2.75. The maximum atomic E-state index is 12.7. The van der Waals surface area contributed by atoms with Crippen molar-refractivity contribution < 1.29 is 23.9 Å². The molecular formula is C25H31ClN2O5. The SMILES string of the molecule is CC(C)(C)OC(=O)N[C@@H](CC/C(CCl)=N\OCc1ccccc1)C(=O)OCc1ccccc1. The standard InChI is InChI=1S/C25H31ClN2O5/c1-25(2,3)33-24(30)27-22(23(29)31-17-19-10-6-4-7-11-19)15-14-21(16-26)28-32-18-20-12-8-5-9-13-20/h4-13,22H,14-18H2,1-3H3,(H,27,30)/b28-21+/t22-/m0/s1. The molecule has 0 aromatic heterocycles. The van der Waals surface area contributed by atoms with Crippen LogP contribution in [0.1, 0.15) is 44.7 Å². The van der Waals surface area contributed by atoms with Crippen LogP contribution in [0.25, 0.3) is 0 Å². The Morgan fingerprint density at radius 1 is 0.970 bits per heavy atom. The number of halogens is 1. The molecule has 33 heavy (non-hydrogen) atoms. The van der Waals surface area contributed by atoms with E-state index in [1.165, 1.54) is 0 Å². The van der Waals surface area contributed by atoms with Crippen molar-refractivity contribution in [1.82, 2.24) is 5.32 Å². The number of rotatable bonds is 11. The van der Waals surface area contributed by atoms with E-state index in [9.17, 15) is 9.59 Å². The van der Waals surface area contributed by atoms with Crippen LogP contribution in [-0.2, 0) is 32.3 Å². The van der Waals surface area contributed by atoms with Crippen LogP contribution in [0.2, 0.25) is 0 Å². The Morgan fingerprint density at radius 2 is 1.55 bits per heavy atom. The van der Waals surface area contributed by atoms with Crippen molar-refractivity contribution in [1.29, 1.82) is 0 Å². The quantitative estimate of drug-likeness (QED) is 0.209. The van der Waals surface area contributed by atoms with E-state index in [-0.39, 0.29) is 18.9 Å². The van der Waals surface area contributed by atoms with Crippen LogP contribution in [0.4, 0.5) is 4.79 Å². The predicted molar refractivity (Wildman–Crippen MR) is 128 cm³/mol. The number of nitrogens with one attached hydrogen (secondary N) is 1. The third kappa shape index (κ3) is 10.9. The highest BCUT2D eigenvalue weighted by Crippen LogP contribution is 2.11. The summed E-state index contributed by atoms with van der Waals surface area (Å²) in [5.74, 6) is -0.434. The first-order valence-corrected chi connectivity index (χ1v) is 11.3. The normalized spacial score (nSPS) is 12.5. The smallest absolute Gasteiger partial charge is 0.408 e. The van der Waals surface area contributed by atoms with E-state index < -0.39 is 23.7 Å². The summed E-state index contributed by atoms with van der Waals surface area (Å²) in [6, 6.07) is 18.0. The molecule has 0 aliphatic heterocycles. The Hall–Kier alpha value is -3.06. The summed E-state index contributed by atoms with van der Waals surface area (Å²) in [6.07, 6.45) is -0.138. The molecule has 2 aromatic carbocycles. The van der Waals surface area contributed by atoms with E-state index >= 15 is 0 Å². The van der Waals surface area contributed by atoms with Gasteiger partial charge in [-0.3, -0.25) is 0 Å². The summed E-state index contributed by atoms with van der Waals surface area (Å²) >= 11 is 6.01. The van der Waals surface area contributed by atoms with Gasteiger partial charge >= 0.3 is 12.1 Å². The number of carbonyl (C=O) groups is 2. The molecule has 7 nitrogen and oxygen atoms in total. The number of benzene rings is 2. The van der Waals surface area contributed by atoms with Gasteiger partial charge in [-0.1, -0.05) is 65.8 Å². The molecule has 2 rings (SSSR count). The van der Waals surface area contributed by atoms with E-state index in [1.54, 1.807) is 20.8 Å². The van der Waals surface area contributed by atoms with Crippen molar-refractivity contribution in [2.75, 3.05) is 5.88 Å². The maximum Gasteiger partial charge on any atom is 0.408 e. The van der Waals surface area contributed by atoms with Crippen molar-refractivity contribution in [3.8, 4) is 0 Å². The van der Waals surface area contributed by atoms with Gasteiger partial charge in [-0.05, 0) is 44.7 Å². The number of oxime groups is 1. The fourth-order valence-corrected chi connectivity index (χ4v) is 2.93. The van der Waals surface area contributed by atoms with Crippen molar-refractivity contribution >= 4 is 29.4 Å². The molecule has 8 heteroatoms. The highest BCUT2D eigenvalue weighted by atomic mass is 35.5. The first kappa shape index (κ1) is 26.2. The van der Waals surface area contributed by atoms with Gasteiger partial charge in [0.2, 0.25) is 0 Å². The van der Waals surface area contributed by atoms with Gasteiger partial charge in [-0.2, -0.15) is 0 Å². The van der Waals surface area contributed by atoms with Crippen LogP contribution in [0.3, 0.4) is 0 Å². The monoisotopic (exact) mass is 474 g/mol. The largest absolute Gasteiger partial charge is 0.459 e. The molecule has 0 saturated carbocycles. The second-order valence-electron chi connectivity index (χ2n) is 8.38. The molecule has 0 fully saturated rings. The topological polar surface area (TPSA) is 86.2 Å². The molecule has 1 N–H and O–H groups in total. The zero-order chi connectivity index (χ0) is 24.1. The first-order valence-electron chi connectivity index (χ1n) is 10.7. The first-order chi connectivity index (χ1) is 15.8. The minimum absolute atomic E-state index is 0.100. The van der Waals surface area contributed by atoms with Gasteiger partial charge in [-0.15, -0.1) is 11.6 Å². The number of esters is 1. The van der Waals surface area contributed by atoms with E-state index in [0.717, 1.165) is 11.1 Å². The molecule has 0 spiro atoms. The van der Waals surface area contributed by atoms with Gasteiger partial charge in [0.25, 0.3) is 0 Å². The lowest BCUT2D eigenvalue weighted by Crippen LogP contribution is -2.44. The van der Waals surface area contributed by atoms with Crippen LogP contribution < -0.4 is 5.32 Å². The average Bonchev–Trinajstić information content (AvgIpc) is 2.79. The van der Waals surface area contributed by atoms with Crippen molar-refractivity contribution in [3.63, 3.8) is 0 Å². The number of hydrogen-bond donors (Lipinski definition) is 1. The molecule has 1 atom stereocenters. The zero-order valence-corrected chi connectivity index (χ0v) is 20.0. The van der Waals surface area contributed by atoms with Gasteiger partial charge in [0.1, 0.15) is 24.9 Å². The lowest BCUT2D eigenvalue weighted by molar-refractivity contribution is -0.147. The van der Waals surface area contributed by atoms with Gasteiger partial charge < -0.3 is 19.6 Å². The average molecular weight is 475 g/mol. The van der Waals surface area contributed by atoms with E-state index in [1.807, 2.05) is 60.7 Å². The Kier molecular flexibility index (Phi) is 10.7. The molecule has 0 heterocycles. The molecule has 2 aromatic rings. The summed E-state index contributed by atoms with van der Waals surface area (Å²) in [6.45, 7) is 5.65. The van der Waals surface area contributed by atoms with Crippen LogP contribution >= 0.6 is 11.6 Å². The minimum Gasteiger partial charge on any atom is -0.459 e. The second kappa shape index (κ2) is 13.5. The van der Waals surface area contributed by atoms with E-state index in [2.05, 4.69) is 10.5 Å². The Labute approximate surface area is 200 Å². The zero-order valence-electron chi connectivity index (χ0n) is 19.3. The summed E-state index contributed by atoms with van der Waals surface area (Å²) < 4.78 is 10.7. The number of amides is 1. The molecule has 0 unspecified atom stereocenters. The van der Waals surface area contributed by atoms with Crippen LogP contribution in [0, 0.1) is 0 Å². The number of alkyl carbamates (subject to hydrolysis) is 1. The van der Waals surface area contributed by atoms with Gasteiger partial charge in [0.05, 0.1) is 11.6 Å². The molecule has 0 aliphatic carbocycles. The summed E-state index contributed by atoms with van der Waals surface area (Å²) in [7, 11) is 0. The molecule has 1 amide bonds. The Balaban J connectivity index is 1.97. The van der Waals surface area contributed by atoms with Crippen molar-refractivity contribution in [2.24, 2.45) is 5.16 Å². The van der Waals surface area contributed by atoms with Crippen LogP contribution in [-0.4, -0.2) is 35.3 Å². The van der Waals surface area contributed by atoms with Crippen LogP contribution in [0.5, 0.6) is 0 Å². The highest BCUT2D eigenvalue weighted by molar-refractivity contribution is 6.28. The van der Waals surface area contributed by atoms with E-state index in [0.29, 0.717) is 18.7 Å². The van der Waals surface area contributed by atoms with Crippen molar-refractivity contribution in [3.05, 3.63) is 71.8 Å². The van der Waals surface area contributed by atoms with Gasteiger partial charge in [-0.25, -0.2) is 9.59 Å². The van der Waals surface area contributed by atoms with Gasteiger partial charge in [0, 0.05) is 0 Å². The van der Waals surface area contributed by atoms with Crippen molar-refractivity contribution in [2.45, 2.75) is 58.5 Å². The third-order valence-electron chi connectivity index (χ3n) is 4.34. The van der Waals surface area contributed by atoms with Gasteiger partial charge in [0.15, 0.2) is 0 Å². The third-order valence-corrected chi connectivity index (χ3v) is 4.65. The number of nitrogens with zero attached hydrogens (tertiary/aromatic N) is 1. The summed E-state index contributed by atoms with van der Waals surface area (Å²) in [5, 5.41) is 6.69. The predicted octanol–water partition coefficient (Wildman–Crippen LogP) is 5.21. The molecule has 178 valence electrons. The van der Waals surface area contributed by atoms with E-state index in [4.69, 9.17) is 25.9 Å². The number of carbonyl (C=O) groups excluding carboxylic acids is 2. The lowest BCUT2D eigenvalue weighted by Gasteiger charge is -2.23. The molecule has 0 saturated heterocycles. The Bertz CT molecular complexity index is 898. The maximum absolute atomic E-state index is 12.7. The Morgan fingerprint density at radius 3 is 2.09 bits per heavy atom.